The average Bonchev–Trinajstić information content (AvgIpc) is 2.47. The molecule has 0 amide bonds. The van der Waals surface area contributed by atoms with Gasteiger partial charge in [-0.05, 0) is 67.9 Å². The topological polar surface area (TPSA) is 30.5 Å². The Morgan fingerprint density at radius 1 is 1.25 bits per heavy atom. The summed E-state index contributed by atoms with van der Waals surface area (Å²) in [6.07, 6.45) is 2.20. The van der Waals surface area contributed by atoms with Crippen molar-refractivity contribution in [1.82, 2.24) is 5.32 Å². The minimum Gasteiger partial charge on any atom is -0.374 e. The molecule has 1 N–H and O–H groups in total. The Morgan fingerprint density at radius 3 is 2.25 bits per heavy atom. The molecule has 0 saturated carbocycles. The summed E-state index contributed by atoms with van der Waals surface area (Å²) in [4.78, 5) is 0. The van der Waals surface area contributed by atoms with Gasteiger partial charge in [-0.1, -0.05) is 6.92 Å². The van der Waals surface area contributed by atoms with Crippen molar-refractivity contribution in [3.63, 3.8) is 0 Å². The Morgan fingerprint density at radius 2 is 1.85 bits per heavy atom. The van der Waals surface area contributed by atoms with Crippen LogP contribution in [0, 0.1) is 5.92 Å². The number of hydrogen-bond donors (Lipinski definition) is 1. The van der Waals surface area contributed by atoms with E-state index in [-0.39, 0.29) is 16.8 Å². The minimum absolute atomic E-state index is 0.0530. The lowest BCUT2D eigenvalue weighted by Gasteiger charge is -2.42. The van der Waals surface area contributed by atoms with Crippen molar-refractivity contribution in [1.29, 1.82) is 0 Å². The molecule has 20 heavy (non-hydrogen) atoms. The largest absolute Gasteiger partial charge is 0.374 e. The van der Waals surface area contributed by atoms with Crippen molar-refractivity contribution in [3.8, 4) is 0 Å². The van der Waals surface area contributed by atoms with Crippen LogP contribution in [0.25, 0.3) is 0 Å². The molecule has 1 saturated heterocycles. The van der Waals surface area contributed by atoms with E-state index >= 15 is 0 Å². The van der Waals surface area contributed by atoms with Gasteiger partial charge in [-0.25, -0.2) is 0 Å². The first-order valence-corrected chi connectivity index (χ1v) is 8.13. The van der Waals surface area contributed by atoms with Gasteiger partial charge in [0.1, 0.15) is 0 Å². The SMILES string of the molecule is CCCNC(C1CC(C)(C)OC1(C)C)C(C)(C)OCC. The fourth-order valence-electron chi connectivity index (χ4n) is 3.76. The van der Waals surface area contributed by atoms with E-state index in [4.69, 9.17) is 9.47 Å². The van der Waals surface area contributed by atoms with E-state index in [1.165, 1.54) is 0 Å². The van der Waals surface area contributed by atoms with Gasteiger partial charge in [0.05, 0.1) is 16.8 Å². The molecular weight excluding hydrogens is 250 g/mol. The van der Waals surface area contributed by atoms with E-state index in [0.29, 0.717) is 12.0 Å². The molecule has 2 atom stereocenters. The maximum absolute atomic E-state index is 6.29. The zero-order chi connectivity index (χ0) is 15.6. The maximum Gasteiger partial charge on any atom is 0.0782 e. The smallest absolute Gasteiger partial charge is 0.0782 e. The third-order valence-corrected chi connectivity index (χ3v) is 4.43. The van der Waals surface area contributed by atoms with Crippen molar-refractivity contribution >= 4 is 0 Å². The minimum atomic E-state index is -0.185. The second-order valence-electron chi connectivity index (χ2n) is 7.74. The number of ether oxygens (including phenoxy) is 2. The molecule has 1 fully saturated rings. The average molecular weight is 285 g/mol. The molecule has 1 rings (SSSR count). The van der Waals surface area contributed by atoms with Gasteiger partial charge in [-0.3, -0.25) is 0 Å². The predicted octanol–water partition coefficient (Wildman–Crippen LogP) is 3.76. The van der Waals surface area contributed by atoms with Crippen molar-refractivity contribution in [2.24, 2.45) is 5.92 Å². The molecular formula is C17H35NO2. The van der Waals surface area contributed by atoms with Crippen LogP contribution in [0.2, 0.25) is 0 Å². The summed E-state index contributed by atoms with van der Waals surface area (Å²) >= 11 is 0. The van der Waals surface area contributed by atoms with Gasteiger partial charge in [0.25, 0.3) is 0 Å². The highest BCUT2D eigenvalue weighted by atomic mass is 16.5. The quantitative estimate of drug-likeness (QED) is 0.772. The van der Waals surface area contributed by atoms with Crippen LogP contribution < -0.4 is 5.32 Å². The summed E-state index contributed by atoms with van der Waals surface area (Å²) in [7, 11) is 0. The summed E-state index contributed by atoms with van der Waals surface area (Å²) in [5, 5.41) is 3.72. The van der Waals surface area contributed by atoms with Crippen LogP contribution >= 0.6 is 0 Å². The van der Waals surface area contributed by atoms with E-state index in [1.54, 1.807) is 0 Å². The highest BCUT2D eigenvalue weighted by Gasteiger charge is 2.52. The Labute approximate surface area is 125 Å². The van der Waals surface area contributed by atoms with Crippen molar-refractivity contribution < 1.29 is 9.47 Å². The predicted molar refractivity (Wildman–Crippen MR) is 85.1 cm³/mol. The lowest BCUT2D eigenvalue weighted by molar-refractivity contribution is -0.101. The number of nitrogens with one attached hydrogen (secondary N) is 1. The van der Waals surface area contributed by atoms with E-state index < -0.39 is 0 Å². The molecule has 120 valence electrons. The van der Waals surface area contributed by atoms with E-state index in [1.807, 2.05) is 0 Å². The molecule has 3 nitrogen and oxygen atoms in total. The maximum atomic E-state index is 6.29. The van der Waals surface area contributed by atoms with Crippen LogP contribution in [0.15, 0.2) is 0 Å². The summed E-state index contributed by atoms with van der Waals surface area (Å²) in [5.41, 5.74) is -0.360. The molecule has 1 aliphatic heterocycles. The van der Waals surface area contributed by atoms with Crippen LogP contribution in [0.1, 0.15) is 68.2 Å². The number of hydrogen-bond acceptors (Lipinski definition) is 3. The van der Waals surface area contributed by atoms with Crippen LogP contribution in [0.5, 0.6) is 0 Å². The van der Waals surface area contributed by atoms with Gasteiger partial charge in [0.2, 0.25) is 0 Å². The first-order valence-electron chi connectivity index (χ1n) is 8.13. The van der Waals surface area contributed by atoms with Gasteiger partial charge < -0.3 is 14.8 Å². The van der Waals surface area contributed by atoms with E-state index in [9.17, 15) is 0 Å². The monoisotopic (exact) mass is 285 g/mol. The van der Waals surface area contributed by atoms with E-state index in [2.05, 4.69) is 60.7 Å². The number of rotatable bonds is 7. The van der Waals surface area contributed by atoms with Crippen LogP contribution in [-0.4, -0.2) is 36.0 Å². The Balaban J connectivity index is 2.98. The summed E-state index contributed by atoms with van der Waals surface area (Å²) in [6.45, 7) is 19.3. The second kappa shape index (κ2) is 6.33. The normalized spacial score (nSPS) is 26.7. The molecule has 0 aliphatic carbocycles. The van der Waals surface area contributed by atoms with Gasteiger partial charge in [-0.2, -0.15) is 0 Å². The lowest BCUT2D eigenvalue weighted by Crippen LogP contribution is -2.57. The zero-order valence-corrected chi connectivity index (χ0v) is 14.8. The van der Waals surface area contributed by atoms with Crippen LogP contribution in [-0.2, 0) is 9.47 Å². The molecule has 0 aromatic carbocycles. The van der Waals surface area contributed by atoms with Gasteiger partial charge in [0.15, 0.2) is 0 Å². The van der Waals surface area contributed by atoms with Crippen molar-refractivity contribution in [2.75, 3.05) is 13.2 Å². The fraction of sp³-hybridized carbons (Fsp3) is 1.00. The molecule has 2 unspecified atom stereocenters. The standard InChI is InChI=1S/C17H35NO2/c1-9-11-18-14(17(7,8)19-10-2)13-12-15(3,4)20-16(13,5)6/h13-14,18H,9-12H2,1-8H3. The Kier molecular flexibility index (Phi) is 5.67. The lowest BCUT2D eigenvalue weighted by atomic mass is 9.75. The molecule has 1 aliphatic rings. The molecule has 1 heterocycles. The molecule has 0 radical (unpaired) electrons. The van der Waals surface area contributed by atoms with Gasteiger partial charge >= 0.3 is 0 Å². The summed E-state index contributed by atoms with van der Waals surface area (Å²) in [6, 6.07) is 0.305. The first-order chi connectivity index (χ1) is 9.06. The molecule has 3 heteroatoms. The Hall–Kier alpha value is -0.120. The summed E-state index contributed by atoms with van der Waals surface area (Å²) < 4.78 is 12.3. The molecule has 0 spiro atoms. The first kappa shape index (κ1) is 17.9. The highest BCUT2D eigenvalue weighted by Crippen LogP contribution is 2.46. The Bertz CT molecular complexity index is 310. The van der Waals surface area contributed by atoms with Crippen molar-refractivity contribution in [3.05, 3.63) is 0 Å². The second-order valence-corrected chi connectivity index (χ2v) is 7.74. The van der Waals surface area contributed by atoms with Crippen LogP contribution in [0.4, 0.5) is 0 Å². The third-order valence-electron chi connectivity index (χ3n) is 4.43. The molecule has 0 aromatic heterocycles. The molecule has 0 aromatic rings. The van der Waals surface area contributed by atoms with Crippen molar-refractivity contribution in [2.45, 2.75) is 91.1 Å². The zero-order valence-electron chi connectivity index (χ0n) is 14.8. The van der Waals surface area contributed by atoms with Gasteiger partial charge in [0, 0.05) is 18.6 Å². The van der Waals surface area contributed by atoms with Gasteiger partial charge in [-0.15, -0.1) is 0 Å². The fourth-order valence-corrected chi connectivity index (χ4v) is 3.76. The highest BCUT2D eigenvalue weighted by molar-refractivity contribution is 5.04. The summed E-state index contributed by atoms with van der Waals surface area (Å²) in [5.74, 6) is 0.450. The van der Waals surface area contributed by atoms with E-state index in [0.717, 1.165) is 26.0 Å². The van der Waals surface area contributed by atoms with Crippen LogP contribution in [0.3, 0.4) is 0 Å². The third kappa shape index (κ3) is 4.19. The molecule has 0 bridgehead atoms.